The molecule has 1 N–H and O–H groups in total. The molecule has 2 aromatic heterocycles. The second kappa shape index (κ2) is 6.89. The number of hydrogen-bond acceptors (Lipinski definition) is 3. The molecule has 0 fully saturated rings. The molecule has 0 saturated carbocycles. The van der Waals surface area contributed by atoms with Gasteiger partial charge in [-0.15, -0.1) is 0 Å². The van der Waals surface area contributed by atoms with Crippen molar-refractivity contribution in [3.05, 3.63) is 35.2 Å². The molecule has 0 aliphatic heterocycles. The molecule has 2 rings (SSSR count). The lowest BCUT2D eigenvalue weighted by Crippen LogP contribution is -2.35. The van der Waals surface area contributed by atoms with Crippen molar-refractivity contribution in [3.8, 4) is 0 Å². The Morgan fingerprint density at radius 1 is 1.24 bits per heavy atom. The summed E-state index contributed by atoms with van der Waals surface area (Å²) < 4.78 is 4.08. The molecule has 2 aromatic rings. The van der Waals surface area contributed by atoms with Crippen LogP contribution in [0.15, 0.2) is 12.4 Å². The first-order valence-electron chi connectivity index (χ1n) is 7.71. The first kappa shape index (κ1) is 15.8. The van der Waals surface area contributed by atoms with E-state index in [0.717, 1.165) is 37.3 Å². The Bertz CT molecular complexity index is 582. The minimum atomic E-state index is 0.396. The summed E-state index contributed by atoms with van der Waals surface area (Å²) in [6.07, 6.45) is 6.96. The second-order valence-corrected chi connectivity index (χ2v) is 5.79. The van der Waals surface area contributed by atoms with Crippen LogP contribution in [-0.4, -0.2) is 31.9 Å². The van der Waals surface area contributed by atoms with Gasteiger partial charge in [0, 0.05) is 44.6 Å². The maximum atomic E-state index is 4.53. The van der Waals surface area contributed by atoms with Crippen LogP contribution >= 0.6 is 0 Å². The SMILES string of the molecule is CCCNC(Cc1c(C)nn(C)c1C)Cc1nccn1C. The van der Waals surface area contributed by atoms with E-state index < -0.39 is 0 Å². The molecule has 0 saturated heterocycles. The summed E-state index contributed by atoms with van der Waals surface area (Å²) in [4.78, 5) is 4.46. The highest BCUT2D eigenvalue weighted by Crippen LogP contribution is 2.16. The Balaban J connectivity index is 2.14. The summed E-state index contributed by atoms with van der Waals surface area (Å²) in [6, 6.07) is 0.396. The Morgan fingerprint density at radius 2 is 2.00 bits per heavy atom. The number of nitrogens with one attached hydrogen (secondary N) is 1. The quantitative estimate of drug-likeness (QED) is 0.847. The Morgan fingerprint density at radius 3 is 2.52 bits per heavy atom. The Hall–Kier alpha value is -1.62. The molecule has 5 nitrogen and oxygen atoms in total. The summed E-state index contributed by atoms with van der Waals surface area (Å²) >= 11 is 0. The number of hydrogen-bond donors (Lipinski definition) is 1. The van der Waals surface area contributed by atoms with Crippen molar-refractivity contribution in [2.45, 2.75) is 46.1 Å². The standard InChI is InChI=1S/C16H27N5/c1-6-7-17-14(11-16-18-8-9-20(16)4)10-15-12(2)19-21(5)13(15)3/h8-9,14,17H,6-7,10-11H2,1-5H3. The van der Waals surface area contributed by atoms with Crippen LogP contribution in [-0.2, 0) is 26.9 Å². The molecule has 0 spiro atoms. The van der Waals surface area contributed by atoms with Crippen molar-refractivity contribution < 1.29 is 0 Å². The lowest BCUT2D eigenvalue weighted by molar-refractivity contribution is 0.488. The summed E-state index contributed by atoms with van der Waals surface area (Å²) in [5.41, 5.74) is 3.76. The average Bonchev–Trinajstić information content (AvgIpc) is 2.95. The number of nitrogens with zero attached hydrogens (tertiary/aromatic N) is 4. The van der Waals surface area contributed by atoms with Crippen LogP contribution < -0.4 is 5.32 Å². The first-order chi connectivity index (χ1) is 10.0. The molecule has 0 aliphatic carbocycles. The van der Waals surface area contributed by atoms with Gasteiger partial charge >= 0.3 is 0 Å². The van der Waals surface area contributed by atoms with Gasteiger partial charge in [0.2, 0.25) is 0 Å². The highest BCUT2D eigenvalue weighted by Gasteiger charge is 2.17. The topological polar surface area (TPSA) is 47.7 Å². The first-order valence-corrected chi connectivity index (χ1v) is 7.71. The van der Waals surface area contributed by atoms with Crippen LogP contribution in [0.2, 0.25) is 0 Å². The largest absolute Gasteiger partial charge is 0.338 e. The van der Waals surface area contributed by atoms with Gasteiger partial charge in [-0.3, -0.25) is 4.68 Å². The van der Waals surface area contributed by atoms with Crippen LogP contribution in [0, 0.1) is 13.8 Å². The monoisotopic (exact) mass is 289 g/mol. The van der Waals surface area contributed by atoms with E-state index in [1.807, 2.05) is 24.1 Å². The van der Waals surface area contributed by atoms with Crippen LogP contribution in [0.1, 0.15) is 36.1 Å². The van der Waals surface area contributed by atoms with Gasteiger partial charge in [-0.2, -0.15) is 5.10 Å². The fraction of sp³-hybridized carbons (Fsp3) is 0.625. The maximum absolute atomic E-state index is 4.53. The third kappa shape index (κ3) is 3.73. The summed E-state index contributed by atoms with van der Waals surface area (Å²) in [6.45, 7) is 7.48. The van der Waals surface area contributed by atoms with Crippen LogP contribution in [0.4, 0.5) is 0 Å². The van der Waals surface area contributed by atoms with Gasteiger partial charge in [-0.25, -0.2) is 4.98 Å². The molecule has 0 aliphatic rings. The van der Waals surface area contributed by atoms with E-state index >= 15 is 0 Å². The molecule has 1 atom stereocenters. The summed E-state index contributed by atoms with van der Waals surface area (Å²) in [7, 11) is 4.07. The fourth-order valence-corrected chi connectivity index (χ4v) is 2.74. The lowest BCUT2D eigenvalue weighted by Gasteiger charge is -2.18. The minimum Gasteiger partial charge on any atom is -0.338 e. The number of rotatable bonds is 7. The van der Waals surface area contributed by atoms with Crippen molar-refractivity contribution >= 4 is 0 Å². The van der Waals surface area contributed by atoms with E-state index in [0.29, 0.717) is 6.04 Å². The maximum Gasteiger partial charge on any atom is 0.109 e. The van der Waals surface area contributed by atoms with E-state index in [1.165, 1.54) is 11.3 Å². The molecule has 2 heterocycles. The highest BCUT2D eigenvalue weighted by molar-refractivity contribution is 5.25. The molecule has 0 aromatic carbocycles. The molecular formula is C16H27N5. The van der Waals surface area contributed by atoms with Gasteiger partial charge in [0.25, 0.3) is 0 Å². The van der Waals surface area contributed by atoms with Gasteiger partial charge in [-0.1, -0.05) is 6.92 Å². The van der Waals surface area contributed by atoms with Gasteiger partial charge in [-0.05, 0) is 38.8 Å². The number of aryl methyl sites for hydroxylation is 3. The zero-order valence-electron chi connectivity index (χ0n) is 13.8. The Kier molecular flexibility index (Phi) is 5.17. The molecule has 0 amide bonds. The summed E-state index contributed by atoms with van der Waals surface area (Å²) in [5, 5.41) is 8.18. The predicted octanol–water partition coefficient (Wildman–Crippen LogP) is 1.92. The average molecular weight is 289 g/mol. The van der Waals surface area contributed by atoms with Crippen molar-refractivity contribution in [2.24, 2.45) is 14.1 Å². The van der Waals surface area contributed by atoms with Crippen molar-refractivity contribution in [3.63, 3.8) is 0 Å². The molecule has 21 heavy (non-hydrogen) atoms. The molecule has 116 valence electrons. The molecule has 0 bridgehead atoms. The normalized spacial score (nSPS) is 12.8. The smallest absolute Gasteiger partial charge is 0.109 e. The van der Waals surface area contributed by atoms with Crippen LogP contribution in [0.25, 0.3) is 0 Å². The van der Waals surface area contributed by atoms with Gasteiger partial charge in [0.15, 0.2) is 0 Å². The van der Waals surface area contributed by atoms with Gasteiger partial charge < -0.3 is 9.88 Å². The highest BCUT2D eigenvalue weighted by atomic mass is 15.3. The number of aromatic nitrogens is 4. The lowest BCUT2D eigenvalue weighted by atomic mass is 10.0. The predicted molar refractivity (Wildman–Crippen MR) is 85.4 cm³/mol. The summed E-state index contributed by atoms with van der Waals surface area (Å²) in [5.74, 6) is 1.13. The number of imidazole rings is 1. The zero-order valence-corrected chi connectivity index (χ0v) is 13.8. The van der Waals surface area contributed by atoms with Gasteiger partial charge in [0.05, 0.1) is 5.69 Å². The third-order valence-electron chi connectivity index (χ3n) is 4.14. The zero-order chi connectivity index (χ0) is 15.4. The van der Waals surface area contributed by atoms with E-state index in [4.69, 9.17) is 0 Å². The van der Waals surface area contributed by atoms with E-state index in [1.54, 1.807) is 0 Å². The second-order valence-electron chi connectivity index (χ2n) is 5.79. The van der Waals surface area contributed by atoms with Crippen molar-refractivity contribution in [1.82, 2.24) is 24.6 Å². The fourth-order valence-electron chi connectivity index (χ4n) is 2.74. The molecule has 0 radical (unpaired) electrons. The van der Waals surface area contributed by atoms with E-state index in [9.17, 15) is 0 Å². The van der Waals surface area contributed by atoms with E-state index in [-0.39, 0.29) is 0 Å². The van der Waals surface area contributed by atoms with Crippen LogP contribution in [0.5, 0.6) is 0 Å². The Labute approximate surface area is 127 Å². The molecule has 1 unspecified atom stereocenters. The van der Waals surface area contributed by atoms with Crippen LogP contribution in [0.3, 0.4) is 0 Å². The van der Waals surface area contributed by atoms with E-state index in [2.05, 4.69) is 47.8 Å². The van der Waals surface area contributed by atoms with Crippen molar-refractivity contribution in [1.29, 1.82) is 0 Å². The molecule has 5 heteroatoms. The minimum absolute atomic E-state index is 0.396. The van der Waals surface area contributed by atoms with Gasteiger partial charge in [0.1, 0.15) is 5.82 Å². The molecular weight excluding hydrogens is 262 g/mol. The third-order valence-corrected chi connectivity index (χ3v) is 4.14. The van der Waals surface area contributed by atoms with Crippen molar-refractivity contribution in [2.75, 3.05) is 6.54 Å².